The first kappa shape index (κ1) is 20.2. The van der Waals surface area contributed by atoms with Gasteiger partial charge in [-0.15, -0.1) is 12.4 Å². The van der Waals surface area contributed by atoms with E-state index in [1.54, 1.807) is 6.07 Å². The fourth-order valence-electron chi connectivity index (χ4n) is 2.07. The van der Waals surface area contributed by atoms with E-state index in [0.29, 0.717) is 11.3 Å². The van der Waals surface area contributed by atoms with Crippen LogP contribution < -0.4 is 11.1 Å². The number of hydrogen-bond donors (Lipinski definition) is 2. The average Bonchev–Trinajstić information content (AvgIpc) is 3.03. The second kappa shape index (κ2) is 9.46. The van der Waals surface area contributed by atoms with Crippen molar-refractivity contribution in [1.29, 1.82) is 0 Å². The molecule has 1 unspecified atom stereocenters. The Balaban J connectivity index is 0.00000288. The molecular weight excluding hydrogens is 400 g/mol. The third kappa shape index (κ3) is 5.36. The van der Waals surface area contributed by atoms with Crippen LogP contribution in [-0.4, -0.2) is 19.0 Å². The quantitative estimate of drug-likeness (QED) is 0.705. The molecule has 1 heterocycles. The Morgan fingerprint density at radius 1 is 1.38 bits per heavy atom. The van der Waals surface area contributed by atoms with Gasteiger partial charge in [0, 0.05) is 4.47 Å². The number of nitrogens with two attached hydrogens (primary N) is 1. The van der Waals surface area contributed by atoms with Crippen LogP contribution in [0, 0.1) is 0 Å². The lowest BCUT2D eigenvalue weighted by atomic mass is 10.0. The molecule has 8 heteroatoms. The number of esters is 1. The number of amides is 1. The molecule has 24 heavy (non-hydrogen) atoms. The molecule has 0 aliphatic rings. The first-order valence-electron chi connectivity index (χ1n) is 6.94. The molecule has 2 rings (SSSR count). The van der Waals surface area contributed by atoms with Crippen molar-refractivity contribution in [3.05, 3.63) is 58.0 Å². The topological polar surface area (TPSA) is 94.6 Å². The van der Waals surface area contributed by atoms with Crippen molar-refractivity contribution in [1.82, 2.24) is 5.32 Å². The molecule has 0 aliphatic heterocycles. The number of benzene rings is 1. The van der Waals surface area contributed by atoms with Crippen LogP contribution in [-0.2, 0) is 16.1 Å². The molecule has 1 aromatic heterocycles. The van der Waals surface area contributed by atoms with Crippen molar-refractivity contribution >= 4 is 40.2 Å². The summed E-state index contributed by atoms with van der Waals surface area (Å²) in [5.74, 6) is -0.241. The van der Waals surface area contributed by atoms with Gasteiger partial charge in [-0.3, -0.25) is 9.59 Å². The van der Waals surface area contributed by atoms with Gasteiger partial charge in [0.2, 0.25) is 0 Å². The van der Waals surface area contributed by atoms with E-state index >= 15 is 0 Å². The van der Waals surface area contributed by atoms with Gasteiger partial charge in [0.25, 0.3) is 5.91 Å². The summed E-state index contributed by atoms with van der Waals surface area (Å²) >= 11 is 3.38. The number of nitrogens with one attached hydrogen (secondary N) is 1. The van der Waals surface area contributed by atoms with Gasteiger partial charge in [0.05, 0.1) is 31.7 Å². The van der Waals surface area contributed by atoms with Crippen LogP contribution in [0.1, 0.15) is 34.1 Å². The SMILES string of the molecule is COC(=O)CC(NC(=O)c1coc(CN)c1)c1cccc(Br)c1.Cl. The van der Waals surface area contributed by atoms with E-state index in [1.807, 2.05) is 24.3 Å². The highest BCUT2D eigenvalue weighted by atomic mass is 79.9. The zero-order valence-corrected chi connectivity index (χ0v) is 15.4. The minimum absolute atomic E-state index is 0. The van der Waals surface area contributed by atoms with Crippen LogP contribution in [0.3, 0.4) is 0 Å². The van der Waals surface area contributed by atoms with Crippen molar-refractivity contribution < 1.29 is 18.7 Å². The van der Waals surface area contributed by atoms with Crippen molar-refractivity contribution in [3.8, 4) is 0 Å². The maximum Gasteiger partial charge on any atom is 0.307 e. The molecule has 0 saturated heterocycles. The number of rotatable bonds is 6. The van der Waals surface area contributed by atoms with E-state index in [4.69, 9.17) is 14.9 Å². The molecule has 0 fully saturated rings. The number of halogens is 2. The van der Waals surface area contributed by atoms with Gasteiger partial charge in [0.1, 0.15) is 12.0 Å². The predicted octanol–water partition coefficient (Wildman–Crippen LogP) is 2.96. The Hall–Kier alpha value is -1.83. The lowest BCUT2D eigenvalue weighted by molar-refractivity contribution is -0.141. The molecule has 0 aliphatic carbocycles. The summed E-state index contributed by atoms with van der Waals surface area (Å²) in [4.78, 5) is 24.0. The standard InChI is InChI=1S/C16H17BrN2O4.ClH/c1-22-15(20)7-14(10-3-2-4-12(17)5-10)19-16(21)11-6-13(8-18)23-9-11;/h2-6,9,14H,7-8,18H2,1H3,(H,19,21);1H. The summed E-state index contributed by atoms with van der Waals surface area (Å²) in [5.41, 5.74) is 6.61. The number of methoxy groups -OCH3 is 1. The van der Waals surface area contributed by atoms with E-state index in [1.165, 1.54) is 13.4 Å². The first-order chi connectivity index (χ1) is 11.0. The lowest BCUT2D eigenvalue weighted by Gasteiger charge is -2.18. The minimum Gasteiger partial charge on any atom is -0.469 e. The molecule has 1 amide bonds. The van der Waals surface area contributed by atoms with Gasteiger partial charge in [-0.2, -0.15) is 0 Å². The summed E-state index contributed by atoms with van der Waals surface area (Å²) in [7, 11) is 1.31. The fourth-order valence-corrected chi connectivity index (χ4v) is 2.49. The third-order valence-electron chi connectivity index (χ3n) is 3.27. The second-order valence-corrected chi connectivity index (χ2v) is 5.78. The number of carbonyl (C=O) groups excluding carboxylic acids is 2. The highest BCUT2D eigenvalue weighted by Crippen LogP contribution is 2.22. The van der Waals surface area contributed by atoms with E-state index in [2.05, 4.69) is 21.2 Å². The van der Waals surface area contributed by atoms with Crippen molar-refractivity contribution in [2.24, 2.45) is 5.73 Å². The Kier molecular flexibility index (Phi) is 7.97. The van der Waals surface area contributed by atoms with Gasteiger partial charge in [-0.05, 0) is 23.8 Å². The van der Waals surface area contributed by atoms with Gasteiger partial charge in [-0.1, -0.05) is 28.1 Å². The molecule has 1 atom stereocenters. The zero-order chi connectivity index (χ0) is 16.8. The van der Waals surface area contributed by atoms with Crippen LogP contribution in [0.15, 0.2) is 45.5 Å². The monoisotopic (exact) mass is 416 g/mol. The number of furan rings is 1. The summed E-state index contributed by atoms with van der Waals surface area (Å²) in [6.45, 7) is 0.213. The number of ether oxygens (including phenoxy) is 1. The third-order valence-corrected chi connectivity index (χ3v) is 3.77. The van der Waals surface area contributed by atoms with Crippen molar-refractivity contribution in [2.75, 3.05) is 7.11 Å². The van der Waals surface area contributed by atoms with E-state index in [0.717, 1.165) is 10.0 Å². The molecular formula is C16H18BrClN2O4. The van der Waals surface area contributed by atoms with Gasteiger partial charge < -0.3 is 20.2 Å². The van der Waals surface area contributed by atoms with Gasteiger partial charge in [0.15, 0.2) is 0 Å². The van der Waals surface area contributed by atoms with Crippen molar-refractivity contribution in [3.63, 3.8) is 0 Å². The lowest BCUT2D eigenvalue weighted by Crippen LogP contribution is -2.30. The Morgan fingerprint density at radius 3 is 2.71 bits per heavy atom. The molecule has 0 saturated carbocycles. The Bertz CT molecular complexity index is 705. The Morgan fingerprint density at radius 2 is 2.12 bits per heavy atom. The predicted molar refractivity (Wildman–Crippen MR) is 94.8 cm³/mol. The summed E-state index contributed by atoms with van der Waals surface area (Å²) < 4.78 is 10.7. The maximum absolute atomic E-state index is 12.3. The highest BCUT2D eigenvalue weighted by Gasteiger charge is 2.21. The highest BCUT2D eigenvalue weighted by molar-refractivity contribution is 9.10. The zero-order valence-electron chi connectivity index (χ0n) is 13.0. The van der Waals surface area contributed by atoms with E-state index in [-0.39, 0.29) is 31.3 Å². The van der Waals surface area contributed by atoms with Crippen LogP contribution >= 0.6 is 28.3 Å². The van der Waals surface area contributed by atoms with Crippen LogP contribution in [0.4, 0.5) is 0 Å². The molecule has 0 bridgehead atoms. The molecule has 130 valence electrons. The minimum atomic E-state index is -0.510. The fraction of sp³-hybridized carbons (Fsp3) is 0.250. The first-order valence-corrected chi connectivity index (χ1v) is 7.73. The maximum atomic E-state index is 12.3. The van der Waals surface area contributed by atoms with Gasteiger partial charge in [-0.25, -0.2) is 0 Å². The molecule has 3 N–H and O–H groups in total. The second-order valence-electron chi connectivity index (χ2n) is 4.87. The summed E-state index contributed by atoms with van der Waals surface area (Å²) in [6.07, 6.45) is 1.37. The van der Waals surface area contributed by atoms with Crippen molar-refractivity contribution in [2.45, 2.75) is 19.0 Å². The summed E-state index contributed by atoms with van der Waals surface area (Å²) in [5, 5.41) is 2.82. The van der Waals surface area contributed by atoms with Crippen LogP contribution in [0.2, 0.25) is 0 Å². The summed E-state index contributed by atoms with van der Waals surface area (Å²) in [6, 6.07) is 8.44. The molecule has 1 aromatic carbocycles. The molecule has 0 spiro atoms. The largest absolute Gasteiger partial charge is 0.469 e. The van der Waals surface area contributed by atoms with E-state index in [9.17, 15) is 9.59 Å². The smallest absolute Gasteiger partial charge is 0.307 e. The van der Waals surface area contributed by atoms with Crippen LogP contribution in [0.25, 0.3) is 0 Å². The molecule has 0 radical (unpaired) electrons. The Labute approximate surface area is 154 Å². The van der Waals surface area contributed by atoms with E-state index < -0.39 is 12.0 Å². The number of carbonyl (C=O) groups is 2. The van der Waals surface area contributed by atoms with Crippen LogP contribution in [0.5, 0.6) is 0 Å². The average molecular weight is 418 g/mol. The molecule has 6 nitrogen and oxygen atoms in total. The van der Waals surface area contributed by atoms with Gasteiger partial charge >= 0.3 is 5.97 Å². The normalized spacial score (nSPS) is 11.3. The molecule has 2 aromatic rings. The number of hydrogen-bond acceptors (Lipinski definition) is 5.